The van der Waals surface area contributed by atoms with Crippen LogP contribution < -0.4 is 10.1 Å². The summed E-state index contributed by atoms with van der Waals surface area (Å²) in [6.07, 6.45) is 1.64. The molecule has 1 aliphatic heterocycles. The predicted octanol–water partition coefficient (Wildman–Crippen LogP) is 5.43. The van der Waals surface area contributed by atoms with Crippen molar-refractivity contribution in [2.45, 2.75) is 24.5 Å². The minimum atomic E-state index is -0.630. The van der Waals surface area contributed by atoms with Gasteiger partial charge in [-0.2, -0.15) is 0 Å². The first-order valence-electron chi connectivity index (χ1n) is 11.3. The normalized spacial score (nSPS) is 16.9. The standard InChI is InChI=1S/C27H26FN3O3S/c1-34-23-15-13-21(14-16-23)29-26(33)24-18-25(32)31(17-5-8-19-6-3-2-4-7-19)27(35-24)30-22-11-9-20(28)10-12-22/h2-4,6-7,9-16,24H,5,8,17-18H2,1H3,(H,29,33). The lowest BCUT2D eigenvalue weighted by Gasteiger charge is -2.32. The molecule has 6 nitrogen and oxygen atoms in total. The van der Waals surface area contributed by atoms with E-state index in [1.54, 1.807) is 48.4 Å². The summed E-state index contributed by atoms with van der Waals surface area (Å²) >= 11 is 1.25. The number of benzene rings is 3. The van der Waals surface area contributed by atoms with Gasteiger partial charge < -0.3 is 10.1 Å². The number of hydrogen-bond acceptors (Lipinski definition) is 5. The van der Waals surface area contributed by atoms with E-state index in [4.69, 9.17) is 4.74 Å². The molecule has 0 bridgehead atoms. The van der Waals surface area contributed by atoms with Crippen LogP contribution in [0.2, 0.25) is 0 Å². The SMILES string of the molecule is COc1ccc(NC(=O)C2CC(=O)N(CCCc3ccccc3)C(=Nc3ccc(F)cc3)S2)cc1. The summed E-state index contributed by atoms with van der Waals surface area (Å²) in [5, 5.41) is 2.67. The van der Waals surface area contributed by atoms with Crippen molar-refractivity contribution in [1.29, 1.82) is 0 Å². The number of thioether (sulfide) groups is 1. The molecule has 4 rings (SSSR count). The van der Waals surface area contributed by atoms with Gasteiger partial charge in [0.25, 0.3) is 0 Å². The Kier molecular flexibility index (Phi) is 8.15. The van der Waals surface area contributed by atoms with Gasteiger partial charge in [0.2, 0.25) is 11.8 Å². The Bertz CT molecular complexity index is 1180. The number of methoxy groups -OCH3 is 1. The maximum Gasteiger partial charge on any atom is 0.238 e. The molecule has 0 spiro atoms. The number of amidine groups is 1. The lowest BCUT2D eigenvalue weighted by Crippen LogP contribution is -2.45. The number of aliphatic imine (C=N–C) groups is 1. The summed E-state index contributed by atoms with van der Waals surface area (Å²) in [7, 11) is 1.57. The zero-order valence-electron chi connectivity index (χ0n) is 19.3. The second kappa shape index (κ2) is 11.7. The fraction of sp³-hybridized carbons (Fsp3) is 0.222. The first-order chi connectivity index (χ1) is 17.0. The summed E-state index contributed by atoms with van der Waals surface area (Å²) in [5.74, 6) is -0.111. The highest BCUT2D eigenvalue weighted by atomic mass is 32.2. The minimum absolute atomic E-state index is 0.0699. The maximum atomic E-state index is 13.4. The van der Waals surface area contributed by atoms with Gasteiger partial charge in [-0.3, -0.25) is 14.5 Å². The van der Waals surface area contributed by atoms with Crippen molar-refractivity contribution >= 4 is 40.1 Å². The van der Waals surface area contributed by atoms with Crippen LogP contribution in [0.3, 0.4) is 0 Å². The summed E-state index contributed by atoms with van der Waals surface area (Å²) in [5.41, 5.74) is 2.33. The molecular weight excluding hydrogens is 465 g/mol. The van der Waals surface area contributed by atoms with Crippen LogP contribution in [-0.2, 0) is 16.0 Å². The smallest absolute Gasteiger partial charge is 0.238 e. The van der Waals surface area contributed by atoms with E-state index < -0.39 is 5.25 Å². The van der Waals surface area contributed by atoms with E-state index in [0.29, 0.717) is 28.8 Å². The fourth-order valence-corrected chi connectivity index (χ4v) is 4.80. The molecule has 35 heavy (non-hydrogen) atoms. The lowest BCUT2D eigenvalue weighted by molar-refractivity contribution is -0.129. The largest absolute Gasteiger partial charge is 0.497 e. The van der Waals surface area contributed by atoms with Crippen molar-refractivity contribution < 1.29 is 18.7 Å². The summed E-state index contributed by atoms with van der Waals surface area (Å²) in [4.78, 5) is 32.3. The molecule has 1 unspecified atom stereocenters. The van der Waals surface area contributed by atoms with E-state index in [1.807, 2.05) is 18.2 Å². The molecule has 180 valence electrons. The van der Waals surface area contributed by atoms with Crippen molar-refractivity contribution in [3.05, 3.63) is 90.2 Å². The maximum absolute atomic E-state index is 13.4. The van der Waals surface area contributed by atoms with Crippen LogP contribution in [0.25, 0.3) is 0 Å². The fourth-order valence-electron chi connectivity index (χ4n) is 3.67. The molecule has 1 heterocycles. The van der Waals surface area contributed by atoms with Gasteiger partial charge in [-0.15, -0.1) is 0 Å². The lowest BCUT2D eigenvalue weighted by atomic mass is 10.1. The van der Waals surface area contributed by atoms with E-state index in [1.165, 1.54) is 29.5 Å². The monoisotopic (exact) mass is 491 g/mol. The molecule has 0 aromatic heterocycles. The number of aryl methyl sites for hydroxylation is 1. The third-order valence-corrected chi connectivity index (χ3v) is 6.72. The molecule has 3 aromatic carbocycles. The molecule has 1 N–H and O–H groups in total. The van der Waals surface area contributed by atoms with Crippen LogP contribution in [0.1, 0.15) is 18.4 Å². The van der Waals surface area contributed by atoms with Crippen molar-refractivity contribution in [3.8, 4) is 5.75 Å². The third-order valence-electron chi connectivity index (χ3n) is 5.53. The van der Waals surface area contributed by atoms with Crippen LogP contribution in [-0.4, -0.2) is 40.8 Å². The van der Waals surface area contributed by atoms with E-state index in [2.05, 4.69) is 22.4 Å². The minimum Gasteiger partial charge on any atom is -0.497 e. The number of nitrogens with zero attached hydrogens (tertiary/aromatic N) is 2. The first kappa shape index (κ1) is 24.5. The van der Waals surface area contributed by atoms with Crippen molar-refractivity contribution in [3.63, 3.8) is 0 Å². The van der Waals surface area contributed by atoms with Crippen molar-refractivity contribution in [1.82, 2.24) is 4.90 Å². The molecule has 1 saturated heterocycles. The van der Waals surface area contributed by atoms with Gasteiger partial charge >= 0.3 is 0 Å². The molecule has 1 aliphatic rings. The van der Waals surface area contributed by atoms with Gasteiger partial charge in [0.05, 0.1) is 12.8 Å². The van der Waals surface area contributed by atoms with Gasteiger partial charge in [-0.05, 0) is 66.9 Å². The molecule has 3 aromatic rings. The second-order valence-corrected chi connectivity index (χ2v) is 9.20. The Morgan fingerprint density at radius 3 is 2.49 bits per heavy atom. The average Bonchev–Trinajstić information content (AvgIpc) is 2.88. The quantitative estimate of drug-likeness (QED) is 0.456. The molecule has 8 heteroatoms. The number of hydrogen-bond donors (Lipinski definition) is 1. The zero-order chi connectivity index (χ0) is 24.6. The Morgan fingerprint density at radius 1 is 1.09 bits per heavy atom. The molecule has 0 radical (unpaired) electrons. The second-order valence-electron chi connectivity index (χ2n) is 8.03. The van der Waals surface area contributed by atoms with Gasteiger partial charge in [0.1, 0.15) is 16.8 Å². The van der Waals surface area contributed by atoms with Crippen LogP contribution in [0, 0.1) is 5.82 Å². The molecule has 0 saturated carbocycles. The number of nitrogens with one attached hydrogen (secondary N) is 1. The highest BCUT2D eigenvalue weighted by Gasteiger charge is 2.35. The summed E-state index contributed by atoms with van der Waals surface area (Å²) in [6, 6.07) is 22.8. The van der Waals surface area contributed by atoms with E-state index in [-0.39, 0.29) is 24.1 Å². The van der Waals surface area contributed by atoms with Gasteiger partial charge in [0.15, 0.2) is 5.17 Å². The van der Waals surface area contributed by atoms with E-state index in [0.717, 1.165) is 12.8 Å². The Morgan fingerprint density at radius 2 is 1.80 bits per heavy atom. The van der Waals surface area contributed by atoms with Crippen molar-refractivity contribution in [2.24, 2.45) is 4.99 Å². The van der Waals surface area contributed by atoms with Crippen LogP contribution in [0.5, 0.6) is 5.75 Å². The van der Waals surface area contributed by atoms with Crippen LogP contribution in [0.4, 0.5) is 15.8 Å². The van der Waals surface area contributed by atoms with E-state index >= 15 is 0 Å². The first-order valence-corrected chi connectivity index (χ1v) is 12.2. The summed E-state index contributed by atoms with van der Waals surface area (Å²) in [6.45, 7) is 0.480. The number of anilines is 1. The van der Waals surface area contributed by atoms with Gasteiger partial charge in [-0.25, -0.2) is 9.38 Å². The highest BCUT2D eigenvalue weighted by Crippen LogP contribution is 2.30. The number of ether oxygens (including phenoxy) is 1. The van der Waals surface area contributed by atoms with Crippen LogP contribution in [0.15, 0.2) is 83.9 Å². The average molecular weight is 492 g/mol. The zero-order valence-corrected chi connectivity index (χ0v) is 20.1. The number of halogens is 1. The number of amides is 2. The molecule has 2 amide bonds. The van der Waals surface area contributed by atoms with E-state index in [9.17, 15) is 14.0 Å². The highest BCUT2D eigenvalue weighted by molar-refractivity contribution is 8.15. The Labute approximate surface area is 208 Å². The third kappa shape index (κ3) is 6.70. The van der Waals surface area contributed by atoms with Gasteiger partial charge in [0, 0.05) is 18.7 Å². The number of carbonyl (C=O) groups is 2. The van der Waals surface area contributed by atoms with Crippen LogP contribution >= 0.6 is 11.8 Å². The molecule has 0 aliphatic carbocycles. The molecule has 1 fully saturated rings. The van der Waals surface area contributed by atoms with Crippen molar-refractivity contribution in [2.75, 3.05) is 19.0 Å². The Hall–Kier alpha value is -3.65. The topological polar surface area (TPSA) is 71.0 Å². The summed E-state index contributed by atoms with van der Waals surface area (Å²) < 4.78 is 18.5. The number of rotatable bonds is 8. The predicted molar refractivity (Wildman–Crippen MR) is 138 cm³/mol. The molecule has 1 atom stereocenters. The molecular formula is C27H26FN3O3S. The van der Waals surface area contributed by atoms with Gasteiger partial charge in [-0.1, -0.05) is 42.1 Å². The number of carbonyl (C=O) groups excluding carboxylic acids is 2. The Balaban J connectivity index is 1.49.